The van der Waals surface area contributed by atoms with Crippen LogP contribution in [0.25, 0.3) is 11.1 Å². The zero-order chi connectivity index (χ0) is 11.4. The minimum atomic E-state index is 0. The van der Waals surface area contributed by atoms with Crippen LogP contribution in [-0.2, 0) is 0 Å². The molecule has 0 spiro atoms. The van der Waals surface area contributed by atoms with E-state index in [1.54, 1.807) is 0 Å². The van der Waals surface area contributed by atoms with Gasteiger partial charge in [-0.2, -0.15) is 0 Å². The van der Waals surface area contributed by atoms with Crippen LogP contribution in [0.15, 0.2) is 48.5 Å². The molecule has 0 aliphatic carbocycles. The average Bonchev–Trinajstić information content (AvgIpc) is 2.39. The third-order valence-corrected chi connectivity index (χ3v) is 2.44. The molecule has 18 heavy (non-hydrogen) atoms. The molecule has 2 aromatic carbocycles. The highest BCUT2D eigenvalue weighted by Crippen LogP contribution is 2.22. The van der Waals surface area contributed by atoms with Crippen LogP contribution >= 0.6 is 24.8 Å². The highest BCUT2D eigenvalue weighted by molar-refractivity contribution is 5.85. The van der Waals surface area contributed by atoms with E-state index >= 15 is 0 Å². The normalized spacial score (nSPS) is 8.78. The van der Waals surface area contributed by atoms with Crippen molar-refractivity contribution in [1.29, 1.82) is 0 Å². The zero-order valence-electron chi connectivity index (χ0n) is 9.59. The molecule has 0 aromatic heterocycles. The van der Waals surface area contributed by atoms with Crippen molar-refractivity contribution in [3.05, 3.63) is 48.5 Å². The summed E-state index contributed by atoms with van der Waals surface area (Å²) in [6, 6.07) is 15.8. The standard InChI is InChI=1S/C12H14N4.2ClH/c13-15-11-5-1-9(2-6-11)10-3-7-12(16-14)8-4-10;;/h1-8,15-16H,13-14H2;2*1H. The molecule has 4 nitrogen and oxygen atoms in total. The number of anilines is 2. The molecule has 0 unspecified atom stereocenters. The molecular formula is C12H16Cl2N4. The van der Waals surface area contributed by atoms with Crippen molar-refractivity contribution < 1.29 is 0 Å². The number of halogens is 2. The predicted octanol–water partition coefficient (Wildman–Crippen LogP) is 2.77. The molecule has 0 aliphatic heterocycles. The van der Waals surface area contributed by atoms with Gasteiger partial charge in [-0.15, -0.1) is 24.8 Å². The van der Waals surface area contributed by atoms with Crippen LogP contribution < -0.4 is 22.5 Å². The number of benzene rings is 2. The molecule has 0 fully saturated rings. The van der Waals surface area contributed by atoms with Crippen molar-refractivity contribution in [2.75, 3.05) is 10.9 Å². The maximum atomic E-state index is 5.30. The Labute approximate surface area is 119 Å². The van der Waals surface area contributed by atoms with Crippen molar-refractivity contribution in [3.63, 3.8) is 0 Å². The summed E-state index contributed by atoms with van der Waals surface area (Å²) in [6.45, 7) is 0. The molecule has 6 heteroatoms. The van der Waals surface area contributed by atoms with E-state index in [0.29, 0.717) is 0 Å². The molecule has 98 valence electrons. The number of nitrogen functional groups attached to an aromatic ring is 2. The van der Waals surface area contributed by atoms with E-state index in [2.05, 4.69) is 10.9 Å². The Morgan fingerprint density at radius 3 is 1.06 bits per heavy atom. The summed E-state index contributed by atoms with van der Waals surface area (Å²) in [5, 5.41) is 0. The fourth-order valence-corrected chi connectivity index (χ4v) is 1.52. The lowest BCUT2D eigenvalue weighted by molar-refractivity contribution is 1.35. The number of nitrogens with one attached hydrogen (secondary N) is 2. The Kier molecular flexibility index (Phi) is 7.16. The van der Waals surface area contributed by atoms with Gasteiger partial charge in [0, 0.05) is 11.4 Å². The molecule has 0 heterocycles. The first-order chi connectivity index (χ1) is 7.83. The van der Waals surface area contributed by atoms with Crippen LogP contribution in [0.3, 0.4) is 0 Å². The van der Waals surface area contributed by atoms with Gasteiger partial charge in [-0.3, -0.25) is 11.7 Å². The summed E-state index contributed by atoms with van der Waals surface area (Å²) in [6.07, 6.45) is 0. The SMILES string of the molecule is Cl.Cl.NNc1ccc(-c2ccc(NN)cc2)cc1. The van der Waals surface area contributed by atoms with Crippen LogP contribution in [-0.4, -0.2) is 0 Å². The summed E-state index contributed by atoms with van der Waals surface area (Å²) in [5.41, 5.74) is 9.26. The molecule has 6 N–H and O–H groups in total. The van der Waals surface area contributed by atoms with Crippen molar-refractivity contribution in [1.82, 2.24) is 0 Å². The molecule has 0 atom stereocenters. The first kappa shape index (κ1) is 16.5. The average molecular weight is 287 g/mol. The first-order valence-corrected chi connectivity index (χ1v) is 4.97. The maximum absolute atomic E-state index is 5.30. The summed E-state index contributed by atoms with van der Waals surface area (Å²) in [7, 11) is 0. The number of hydrazine groups is 2. The van der Waals surface area contributed by atoms with Crippen LogP contribution in [0, 0.1) is 0 Å². The Balaban J connectivity index is 0.00000144. The molecule has 0 aliphatic rings. The van der Waals surface area contributed by atoms with Gasteiger partial charge in [0.15, 0.2) is 0 Å². The van der Waals surface area contributed by atoms with Gasteiger partial charge in [-0.1, -0.05) is 24.3 Å². The number of nitrogens with two attached hydrogens (primary N) is 2. The highest BCUT2D eigenvalue weighted by Gasteiger charge is 1.97. The molecule has 2 rings (SSSR count). The van der Waals surface area contributed by atoms with Crippen molar-refractivity contribution in [3.8, 4) is 11.1 Å². The first-order valence-electron chi connectivity index (χ1n) is 4.97. The summed E-state index contributed by atoms with van der Waals surface area (Å²) >= 11 is 0. The van der Waals surface area contributed by atoms with E-state index < -0.39 is 0 Å². The van der Waals surface area contributed by atoms with Crippen LogP contribution in [0.5, 0.6) is 0 Å². The van der Waals surface area contributed by atoms with Crippen LogP contribution in [0.2, 0.25) is 0 Å². The van der Waals surface area contributed by atoms with Gasteiger partial charge in [0.05, 0.1) is 0 Å². The third kappa shape index (κ3) is 3.78. The second-order valence-electron chi connectivity index (χ2n) is 3.44. The fraction of sp³-hybridized carbons (Fsp3) is 0. The fourth-order valence-electron chi connectivity index (χ4n) is 1.52. The Hall–Kier alpha value is -1.46. The number of hydrogen-bond acceptors (Lipinski definition) is 4. The van der Waals surface area contributed by atoms with Crippen LogP contribution in [0.4, 0.5) is 11.4 Å². The zero-order valence-corrected chi connectivity index (χ0v) is 11.2. The second-order valence-corrected chi connectivity index (χ2v) is 3.44. The highest BCUT2D eigenvalue weighted by atomic mass is 35.5. The van der Waals surface area contributed by atoms with Gasteiger partial charge >= 0.3 is 0 Å². The molecule has 0 amide bonds. The summed E-state index contributed by atoms with van der Waals surface area (Å²) in [4.78, 5) is 0. The lowest BCUT2D eigenvalue weighted by Gasteiger charge is -2.05. The molecular weight excluding hydrogens is 271 g/mol. The van der Waals surface area contributed by atoms with Gasteiger partial charge in [0.1, 0.15) is 0 Å². The Morgan fingerprint density at radius 2 is 0.833 bits per heavy atom. The van der Waals surface area contributed by atoms with Gasteiger partial charge < -0.3 is 10.9 Å². The molecule has 0 saturated heterocycles. The van der Waals surface area contributed by atoms with E-state index in [1.165, 1.54) is 0 Å². The van der Waals surface area contributed by atoms with Crippen molar-refractivity contribution in [2.24, 2.45) is 11.7 Å². The van der Waals surface area contributed by atoms with Gasteiger partial charge in [0.25, 0.3) is 0 Å². The van der Waals surface area contributed by atoms with Crippen molar-refractivity contribution in [2.45, 2.75) is 0 Å². The lowest BCUT2D eigenvalue weighted by atomic mass is 10.1. The maximum Gasteiger partial charge on any atom is 0.0485 e. The van der Waals surface area contributed by atoms with Crippen molar-refractivity contribution >= 4 is 36.2 Å². The molecule has 0 radical (unpaired) electrons. The van der Waals surface area contributed by atoms with Gasteiger partial charge in [0.2, 0.25) is 0 Å². The largest absolute Gasteiger partial charge is 0.324 e. The van der Waals surface area contributed by atoms with Gasteiger partial charge in [-0.05, 0) is 35.4 Å². The Bertz CT molecular complexity index is 411. The Morgan fingerprint density at radius 1 is 0.556 bits per heavy atom. The molecule has 0 bridgehead atoms. The quantitative estimate of drug-likeness (QED) is 0.517. The topological polar surface area (TPSA) is 76.1 Å². The van der Waals surface area contributed by atoms with Gasteiger partial charge in [-0.25, -0.2) is 0 Å². The molecule has 2 aromatic rings. The minimum Gasteiger partial charge on any atom is -0.324 e. The number of hydrogen-bond donors (Lipinski definition) is 4. The summed E-state index contributed by atoms with van der Waals surface area (Å²) in [5.74, 6) is 10.6. The third-order valence-electron chi connectivity index (χ3n) is 2.44. The smallest absolute Gasteiger partial charge is 0.0485 e. The van der Waals surface area contributed by atoms with Crippen LogP contribution in [0.1, 0.15) is 0 Å². The predicted molar refractivity (Wildman–Crippen MR) is 82.0 cm³/mol. The molecule has 0 saturated carbocycles. The van der Waals surface area contributed by atoms with E-state index in [9.17, 15) is 0 Å². The monoisotopic (exact) mass is 286 g/mol. The van der Waals surface area contributed by atoms with E-state index in [0.717, 1.165) is 22.5 Å². The number of rotatable bonds is 3. The van der Waals surface area contributed by atoms with E-state index in [1.807, 2.05) is 48.5 Å². The van der Waals surface area contributed by atoms with E-state index in [4.69, 9.17) is 11.7 Å². The minimum absolute atomic E-state index is 0. The second kappa shape index (κ2) is 7.79. The summed E-state index contributed by atoms with van der Waals surface area (Å²) < 4.78 is 0. The van der Waals surface area contributed by atoms with E-state index in [-0.39, 0.29) is 24.8 Å². The lowest BCUT2D eigenvalue weighted by Crippen LogP contribution is -2.06.